The van der Waals surface area contributed by atoms with Crippen molar-refractivity contribution < 1.29 is 17.9 Å². The highest BCUT2D eigenvalue weighted by Gasteiger charge is 2.21. The van der Waals surface area contributed by atoms with Crippen LogP contribution >= 0.6 is 0 Å². The third-order valence-electron chi connectivity index (χ3n) is 5.50. The fraction of sp³-hybridized carbons (Fsp3) is 0.480. The average Bonchev–Trinajstić information content (AvgIpc) is 2.76. The Kier molecular flexibility index (Phi) is 8.74. The predicted octanol–water partition coefficient (Wildman–Crippen LogP) is 3.54. The van der Waals surface area contributed by atoms with Gasteiger partial charge in [0, 0.05) is 19.2 Å². The highest BCUT2D eigenvalue weighted by Crippen LogP contribution is 2.24. The molecule has 2 aromatic carbocycles. The van der Waals surface area contributed by atoms with E-state index in [1.54, 1.807) is 24.3 Å². The summed E-state index contributed by atoms with van der Waals surface area (Å²) in [7, 11) is -3.65. The first kappa shape index (κ1) is 25.1. The summed E-state index contributed by atoms with van der Waals surface area (Å²) in [6.07, 6.45) is 4.86. The molecule has 0 radical (unpaired) electrons. The van der Waals surface area contributed by atoms with Crippen LogP contribution in [0.1, 0.15) is 44.2 Å². The Hall–Kier alpha value is -2.58. The van der Waals surface area contributed by atoms with Crippen LogP contribution in [0.2, 0.25) is 0 Å². The normalized spacial score (nSPS) is 14.8. The summed E-state index contributed by atoms with van der Waals surface area (Å²) in [5.41, 5.74) is 2.62. The van der Waals surface area contributed by atoms with Gasteiger partial charge in [0.25, 0.3) is 0 Å². The van der Waals surface area contributed by atoms with Gasteiger partial charge >= 0.3 is 0 Å². The van der Waals surface area contributed by atoms with Gasteiger partial charge in [0.1, 0.15) is 12.3 Å². The van der Waals surface area contributed by atoms with Gasteiger partial charge in [-0.3, -0.25) is 14.0 Å². The van der Waals surface area contributed by atoms with E-state index in [9.17, 15) is 13.2 Å². The predicted molar refractivity (Wildman–Crippen MR) is 132 cm³/mol. The van der Waals surface area contributed by atoms with E-state index in [0.717, 1.165) is 35.8 Å². The summed E-state index contributed by atoms with van der Waals surface area (Å²) < 4.78 is 31.6. The Morgan fingerprint density at radius 3 is 2.45 bits per heavy atom. The monoisotopic (exact) mass is 473 g/mol. The number of benzene rings is 2. The molecule has 1 fully saturated rings. The third kappa shape index (κ3) is 8.05. The van der Waals surface area contributed by atoms with Gasteiger partial charge in [0.2, 0.25) is 15.9 Å². The van der Waals surface area contributed by atoms with Crippen molar-refractivity contribution in [2.24, 2.45) is 0 Å². The number of nitrogens with one attached hydrogen (secondary N) is 1. The largest absolute Gasteiger partial charge is 0.491 e. The first-order chi connectivity index (χ1) is 15.7. The number of amides is 1. The minimum absolute atomic E-state index is 0.0408. The molecule has 2 aromatic rings. The van der Waals surface area contributed by atoms with E-state index in [-0.39, 0.29) is 18.6 Å². The Bertz CT molecular complexity index is 1030. The number of hydrogen-bond donors (Lipinski definition) is 1. The van der Waals surface area contributed by atoms with E-state index >= 15 is 0 Å². The number of sulfonamides is 1. The van der Waals surface area contributed by atoms with Crippen LogP contribution in [0.3, 0.4) is 0 Å². The van der Waals surface area contributed by atoms with Crippen LogP contribution in [0.15, 0.2) is 48.5 Å². The van der Waals surface area contributed by atoms with Crippen LogP contribution in [0.4, 0.5) is 5.69 Å². The van der Waals surface area contributed by atoms with Crippen LogP contribution in [-0.2, 0) is 27.9 Å². The molecule has 0 aliphatic carbocycles. The lowest BCUT2D eigenvalue weighted by atomic mass is 10.1. The molecule has 33 heavy (non-hydrogen) atoms. The quantitative estimate of drug-likeness (QED) is 0.571. The molecule has 1 amide bonds. The van der Waals surface area contributed by atoms with Crippen molar-refractivity contribution in [3.8, 4) is 5.75 Å². The van der Waals surface area contributed by atoms with Gasteiger partial charge < -0.3 is 10.1 Å². The van der Waals surface area contributed by atoms with Crippen molar-refractivity contribution in [1.82, 2.24) is 10.2 Å². The minimum Gasteiger partial charge on any atom is -0.491 e. The van der Waals surface area contributed by atoms with Crippen molar-refractivity contribution in [2.75, 3.05) is 30.2 Å². The van der Waals surface area contributed by atoms with E-state index in [4.69, 9.17) is 4.74 Å². The molecule has 0 spiro atoms. The van der Waals surface area contributed by atoms with Crippen LogP contribution in [0.5, 0.6) is 5.75 Å². The van der Waals surface area contributed by atoms with Gasteiger partial charge in [-0.05, 0) is 63.0 Å². The van der Waals surface area contributed by atoms with E-state index in [1.807, 2.05) is 26.0 Å². The summed E-state index contributed by atoms with van der Waals surface area (Å²) in [6.45, 7) is 7.03. The molecule has 3 rings (SSSR count). The van der Waals surface area contributed by atoms with Crippen LogP contribution < -0.4 is 14.4 Å². The standard InChI is InChI=1S/C25H35N3O4S/c1-20(2)32-24-12-8-11-23(16-24)28(33(3,30)31)19-25(29)26-17-21-9-7-10-22(15-21)18-27-13-5-4-6-14-27/h7-12,15-16,20H,4-6,13-14,17-19H2,1-3H3,(H,26,29). The fourth-order valence-corrected chi connectivity index (χ4v) is 4.83. The molecule has 1 saturated heterocycles. The molecule has 1 N–H and O–H groups in total. The number of anilines is 1. The summed E-state index contributed by atoms with van der Waals surface area (Å²) in [5, 5.41) is 2.86. The van der Waals surface area contributed by atoms with Gasteiger partial charge in [0.15, 0.2) is 0 Å². The summed E-state index contributed by atoms with van der Waals surface area (Å²) in [6, 6.07) is 15.0. The molecular formula is C25H35N3O4S. The maximum atomic E-state index is 12.7. The smallest absolute Gasteiger partial charge is 0.241 e. The maximum absolute atomic E-state index is 12.7. The topological polar surface area (TPSA) is 79.0 Å². The zero-order valence-electron chi connectivity index (χ0n) is 19.8. The highest BCUT2D eigenvalue weighted by atomic mass is 32.2. The van der Waals surface area contributed by atoms with Crippen molar-refractivity contribution in [3.63, 3.8) is 0 Å². The van der Waals surface area contributed by atoms with Crippen molar-refractivity contribution >= 4 is 21.6 Å². The number of nitrogens with zero attached hydrogens (tertiary/aromatic N) is 2. The highest BCUT2D eigenvalue weighted by molar-refractivity contribution is 7.92. The number of ether oxygens (including phenoxy) is 1. The van der Waals surface area contributed by atoms with E-state index in [2.05, 4.69) is 22.3 Å². The molecule has 7 nitrogen and oxygen atoms in total. The molecule has 0 atom stereocenters. The van der Waals surface area contributed by atoms with Gasteiger partial charge in [-0.15, -0.1) is 0 Å². The van der Waals surface area contributed by atoms with Gasteiger partial charge in [0.05, 0.1) is 18.0 Å². The molecule has 8 heteroatoms. The zero-order chi connectivity index (χ0) is 23.8. The lowest BCUT2D eigenvalue weighted by Gasteiger charge is -2.26. The van der Waals surface area contributed by atoms with Crippen LogP contribution in [0.25, 0.3) is 0 Å². The number of carbonyl (C=O) groups excluding carboxylic acids is 1. The number of hydrogen-bond acceptors (Lipinski definition) is 5. The molecule has 0 unspecified atom stereocenters. The van der Waals surface area contributed by atoms with Gasteiger partial charge in [-0.1, -0.05) is 36.8 Å². The molecule has 0 saturated carbocycles. The average molecular weight is 474 g/mol. The van der Waals surface area contributed by atoms with E-state index in [0.29, 0.717) is 18.0 Å². The Balaban J connectivity index is 1.61. The van der Waals surface area contributed by atoms with E-state index < -0.39 is 10.0 Å². The second kappa shape index (κ2) is 11.5. The number of rotatable bonds is 10. The molecule has 1 aliphatic heterocycles. The van der Waals surface area contributed by atoms with Crippen molar-refractivity contribution in [3.05, 3.63) is 59.7 Å². The van der Waals surface area contributed by atoms with E-state index in [1.165, 1.54) is 24.8 Å². The first-order valence-electron chi connectivity index (χ1n) is 11.5. The molecular weight excluding hydrogens is 438 g/mol. The Morgan fingerprint density at radius 2 is 1.76 bits per heavy atom. The number of carbonyl (C=O) groups is 1. The van der Waals surface area contributed by atoms with Gasteiger partial charge in [-0.25, -0.2) is 8.42 Å². The minimum atomic E-state index is -3.65. The SMILES string of the molecule is CC(C)Oc1cccc(N(CC(=O)NCc2cccc(CN3CCCCC3)c2)S(C)(=O)=O)c1. The van der Waals surface area contributed by atoms with Crippen molar-refractivity contribution in [1.29, 1.82) is 0 Å². The van der Waals surface area contributed by atoms with Crippen LogP contribution in [0, 0.1) is 0 Å². The Morgan fingerprint density at radius 1 is 1.06 bits per heavy atom. The lowest BCUT2D eigenvalue weighted by molar-refractivity contribution is -0.119. The second-order valence-corrected chi connectivity index (χ2v) is 10.8. The number of piperidine rings is 1. The summed E-state index contributed by atoms with van der Waals surface area (Å²) in [4.78, 5) is 15.1. The fourth-order valence-electron chi connectivity index (χ4n) is 3.98. The summed E-state index contributed by atoms with van der Waals surface area (Å²) in [5.74, 6) is 0.194. The number of likely N-dealkylation sites (tertiary alicyclic amines) is 1. The first-order valence-corrected chi connectivity index (χ1v) is 13.4. The third-order valence-corrected chi connectivity index (χ3v) is 6.64. The Labute approximate surface area is 197 Å². The zero-order valence-corrected chi connectivity index (χ0v) is 20.6. The molecule has 1 aliphatic rings. The van der Waals surface area contributed by atoms with Crippen LogP contribution in [-0.4, -0.2) is 51.2 Å². The van der Waals surface area contributed by atoms with Crippen molar-refractivity contribution in [2.45, 2.75) is 52.3 Å². The molecule has 180 valence electrons. The maximum Gasteiger partial charge on any atom is 0.241 e. The second-order valence-electron chi connectivity index (χ2n) is 8.87. The molecule has 0 aromatic heterocycles. The van der Waals surface area contributed by atoms with Gasteiger partial charge in [-0.2, -0.15) is 0 Å². The molecule has 0 bridgehead atoms. The molecule has 1 heterocycles. The summed E-state index contributed by atoms with van der Waals surface area (Å²) >= 11 is 0. The lowest BCUT2D eigenvalue weighted by Crippen LogP contribution is -2.40.